The van der Waals surface area contributed by atoms with Crippen LogP contribution in [0.5, 0.6) is 0 Å². The van der Waals surface area contributed by atoms with E-state index in [0.717, 1.165) is 18.9 Å². The van der Waals surface area contributed by atoms with Gasteiger partial charge in [-0.25, -0.2) is 0 Å². The summed E-state index contributed by atoms with van der Waals surface area (Å²) in [5, 5.41) is 0. The van der Waals surface area contributed by atoms with Crippen molar-refractivity contribution in [2.75, 3.05) is 18.1 Å². The molecule has 3 rings (SSSR count). The Kier molecular flexibility index (Phi) is 5.25. The first-order valence-corrected chi connectivity index (χ1v) is 9.45. The lowest BCUT2D eigenvalue weighted by molar-refractivity contribution is -0.103. The Hall–Kier alpha value is -0.510. The highest BCUT2D eigenvalue weighted by molar-refractivity contribution is 7.99. The molecule has 2 saturated heterocycles. The third-order valence-electron chi connectivity index (χ3n) is 5.11. The molecule has 1 spiro atoms. The molecule has 0 saturated carbocycles. The number of thioether (sulfide) groups is 1. The zero-order valence-electron chi connectivity index (χ0n) is 12.8. The summed E-state index contributed by atoms with van der Waals surface area (Å²) in [6.07, 6.45) is 7.32. The highest BCUT2D eigenvalue weighted by atomic mass is 32.2. The van der Waals surface area contributed by atoms with E-state index >= 15 is 0 Å². The monoisotopic (exact) mass is 305 g/mol. The summed E-state index contributed by atoms with van der Waals surface area (Å²) in [5.41, 5.74) is 7.83. The van der Waals surface area contributed by atoms with Crippen molar-refractivity contribution in [3.8, 4) is 0 Å². The Morgan fingerprint density at radius 1 is 1.24 bits per heavy atom. The predicted octanol–water partition coefficient (Wildman–Crippen LogP) is 4.16. The fraction of sp³-hybridized carbons (Fsp3) is 0.667. The average Bonchev–Trinajstić information content (AvgIpc) is 2.54. The van der Waals surface area contributed by atoms with Crippen molar-refractivity contribution in [2.45, 2.75) is 50.2 Å². The number of benzene rings is 1. The van der Waals surface area contributed by atoms with Crippen LogP contribution in [-0.4, -0.2) is 23.7 Å². The van der Waals surface area contributed by atoms with Gasteiger partial charge in [0.25, 0.3) is 0 Å². The standard InChI is InChI=1S/C18H27NOS/c19-17(16-4-2-1-3-5-16)7-6-15-8-11-20-18(14-15)9-12-21-13-10-18/h1-5,15,17H,6-14,19H2. The molecule has 0 aliphatic carbocycles. The number of ether oxygens (including phenoxy) is 1. The predicted molar refractivity (Wildman–Crippen MR) is 90.6 cm³/mol. The molecule has 1 aromatic carbocycles. The molecule has 0 amide bonds. The Balaban J connectivity index is 1.51. The summed E-state index contributed by atoms with van der Waals surface area (Å²) < 4.78 is 6.18. The lowest BCUT2D eigenvalue weighted by Crippen LogP contribution is -2.42. The molecule has 2 unspecified atom stereocenters. The van der Waals surface area contributed by atoms with E-state index in [4.69, 9.17) is 10.5 Å². The van der Waals surface area contributed by atoms with Gasteiger partial charge < -0.3 is 10.5 Å². The summed E-state index contributed by atoms with van der Waals surface area (Å²) in [7, 11) is 0. The first-order chi connectivity index (χ1) is 10.3. The molecule has 2 heterocycles. The van der Waals surface area contributed by atoms with Gasteiger partial charge in [-0.05, 0) is 61.5 Å². The van der Waals surface area contributed by atoms with Crippen LogP contribution in [0.2, 0.25) is 0 Å². The molecule has 0 radical (unpaired) electrons. The highest BCUT2D eigenvalue weighted by Crippen LogP contribution is 2.41. The van der Waals surface area contributed by atoms with Crippen LogP contribution in [0.1, 0.15) is 50.1 Å². The Morgan fingerprint density at radius 3 is 2.76 bits per heavy atom. The van der Waals surface area contributed by atoms with Crippen molar-refractivity contribution in [2.24, 2.45) is 11.7 Å². The van der Waals surface area contributed by atoms with Gasteiger partial charge in [-0.15, -0.1) is 0 Å². The summed E-state index contributed by atoms with van der Waals surface area (Å²) >= 11 is 2.08. The fourth-order valence-electron chi connectivity index (χ4n) is 3.75. The summed E-state index contributed by atoms with van der Waals surface area (Å²) in [6, 6.07) is 10.7. The van der Waals surface area contributed by atoms with E-state index in [1.807, 2.05) is 0 Å². The molecule has 2 fully saturated rings. The Labute approximate surface area is 132 Å². The van der Waals surface area contributed by atoms with Crippen molar-refractivity contribution in [1.82, 2.24) is 0 Å². The molecule has 3 heteroatoms. The van der Waals surface area contributed by atoms with Gasteiger partial charge in [0.05, 0.1) is 5.60 Å². The fourth-order valence-corrected chi connectivity index (χ4v) is 4.99. The minimum absolute atomic E-state index is 0.187. The zero-order valence-corrected chi connectivity index (χ0v) is 13.6. The lowest BCUT2D eigenvalue weighted by atomic mass is 9.79. The zero-order chi connectivity index (χ0) is 14.5. The van der Waals surface area contributed by atoms with Crippen molar-refractivity contribution in [3.63, 3.8) is 0 Å². The molecule has 2 nitrogen and oxygen atoms in total. The highest BCUT2D eigenvalue weighted by Gasteiger charge is 2.38. The van der Waals surface area contributed by atoms with Gasteiger partial charge in [0, 0.05) is 12.6 Å². The summed E-state index contributed by atoms with van der Waals surface area (Å²) in [4.78, 5) is 0. The number of hydrogen-bond donors (Lipinski definition) is 1. The lowest BCUT2D eigenvalue weighted by Gasteiger charge is -2.43. The molecule has 21 heavy (non-hydrogen) atoms. The van der Waals surface area contributed by atoms with Crippen LogP contribution in [0.15, 0.2) is 30.3 Å². The third-order valence-corrected chi connectivity index (χ3v) is 6.10. The largest absolute Gasteiger partial charge is 0.375 e. The summed E-state index contributed by atoms with van der Waals surface area (Å²) in [5.74, 6) is 3.35. The second kappa shape index (κ2) is 7.17. The van der Waals surface area contributed by atoms with Crippen LogP contribution in [0, 0.1) is 5.92 Å². The van der Waals surface area contributed by atoms with Crippen LogP contribution in [0.4, 0.5) is 0 Å². The molecular weight excluding hydrogens is 278 g/mol. The van der Waals surface area contributed by atoms with Gasteiger partial charge in [-0.3, -0.25) is 0 Å². The first kappa shape index (κ1) is 15.4. The van der Waals surface area contributed by atoms with E-state index in [1.165, 1.54) is 49.2 Å². The quantitative estimate of drug-likeness (QED) is 0.907. The maximum Gasteiger partial charge on any atom is 0.0700 e. The van der Waals surface area contributed by atoms with Crippen LogP contribution in [-0.2, 0) is 4.74 Å². The smallest absolute Gasteiger partial charge is 0.0700 e. The summed E-state index contributed by atoms with van der Waals surface area (Å²) in [6.45, 7) is 0.954. The molecule has 2 aliphatic heterocycles. The maximum absolute atomic E-state index is 6.35. The maximum atomic E-state index is 6.35. The third kappa shape index (κ3) is 4.02. The van der Waals surface area contributed by atoms with Gasteiger partial charge in [-0.1, -0.05) is 30.3 Å². The molecule has 2 N–H and O–H groups in total. The number of hydrogen-bond acceptors (Lipinski definition) is 3. The van der Waals surface area contributed by atoms with E-state index in [9.17, 15) is 0 Å². The van der Waals surface area contributed by atoms with Gasteiger partial charge in [0.15, 0.2) is 0 Å². The molecule has 2 atom stereocenters. The van der Waals surface area contributed by atoms with Crippen LogP contribution in [0.3, 0.4) is 0 Å². The van der Waals surface area contributed by atoms with E-state index < -0.39 is 0 Å². The number of nitrogens with two attached hydrogens (primary N) is 1. The SMILES string of the molecule is NC(CCC1CCOC2(CCSCC2)C1)c1ccccc1. The van der Waals surface area contributed by atoms with E-state index in [-0.39, 0.29) is 11.6 Å². The minimum Gasteiger partial charge on any atom is -0.375 e. The molecule has 116 valence electrons. The van der Waals surface area contributed by atoms with E-state index in [2.05, 4.69) is 42.1 Å². The number of rotatable bonds is 4. The van der Waals surface area contributed by atoms with Gasteiger partial charge in [0.1, 0.15) is 0 Å². The Bertz CT molecular complexity index is 425. The molecule has 2 aliphatic rings. The second-order valence-electron chi connectivity index (χ2n) is 6.60. The van der Waals surface area contributed by atoms with E-state index in [1.54, 1.807) is 0 Å². The van der Waals surface area contributed by atoms with Crippen molar-refractivity contribution >= 4 is 11.8 Å². The first-order valence-electron chi connectivity index (χ1n) is 8.30. The second-order valence-corrected chi connectivity index (χ2v) is 7.82. The average molecular weight is 305 g/mol. The topological polar surface area (TPSA) is 35.2 Å². The molecule has 1 aromatic rings. The van der Waals surface area contributed by atoms with Crippen molar-refractivity contribution in [3.05, 3.63) is 35.9 Å². The van der Waals surface area contributed by atoms with Crippen molar-refractivity contribution < 1.29 is 4.74 Å². The normalized spacial score (nSPS) is 26.6. The van der Waals surface area contributed by atoms with Crippen molar-refractivity contribution in [1.29, 1.82) is 0 Å². The molecular formula is C18H27NOS. The van der Waals surface area contributed by atoms with Gasteiger partial charge in [0.2, 0.25) is 0 Å². The molecule has 0 bridgehead atoms. The Morgan fingerprint density at radius 2 is 2.00 bits per heavy atom. The van der Waals surface area contributed by atoms with E-state index in [0.29, 0.717) is 0 Å². The van der Waals surface area contributed by atoms with Crippen LogP contribution < -0.4 is 5.73 Å². The van der Waals surface area contributed by atoms with Gasteiger partial charge in [-0.2, -0.15) is 11.8 Å². The van der Waals surface area contributed by atoms with Crippen LogP contribution >= 0.6 is 11.8 Å². The minimum atomic E-state index is 0.187. The van der Waals surface area contributed by atoms with Crippen LogP contribution in [0.25, 0.3) is 0 Å². The molecule has 0 aromatic heterocycles. The van der Waals surface area contributed by atoms with Gasteiger partial charge >= 0.3 is 0 Å².